The third-order valence-electron chi connectivity index (χ3n) is 4.25. The summed E-state index contributed by atoms with van der Waals surface area (Å²) in [5, 5.41) is 5.96. The van der Waals surface area contributed by atoms with Gasteiger partial charge in [0.2, 0.25) is 0 Å². The number of carbonyl (C=O) groups is 1. The molecule has 2 aromatic rings. The third-order valence-corrected chi connectivity index (χ3v) is 4.25. The van der Waals surface area contributed by atoms with Crippen molar-refractivity contribution in [2.24, 2.45) is 5.11 Å². The number of ketones is 1. The molecule has 0 bridgehead atoms. The van der Waals surface area contributed by atoms with Crippen LogP contribution < -0.4 is 0 Å². The van der Waals surface area contributed by atoms with Crippen molar-refractivity contribution in [3.8, 4) is 0 Å². The highest BCUT2D eigenvalue weighted by Gasteiger charge is 2.42. The minimum atomic E-state index is -0.615. The van der Waals surface area contributed by atoms with Crippen LogP contribution in [0.5, 0.6) is 0 Å². The van der Waals surface area contributed by atoms with Gasteiger partial charge in [-0.15, -0.1) is 0 Å². The molecule has 0 spiro atoms. The molecule has 1 fully saturated rings. The van der Waals surface area contributed by atoms with E-state index in [0.717, 1.165) is 29.2 Å². The Balaban J connectivity index is 2.13. The van der Waals surface area contributed by atoms with Crippen LogP contribution in [0, 0.1) is 0 Å². The van der Waals surface area contributed by atoms with Crippen LogP contribution in [0.3, 0.4) is 0 Å². The van der Waals surface area contributed by atoms with Crippen LogP contribution in [0.15, 0.2) is 47.6 Å². The highest BCUT2D eigenvalue weighted by atomic mass is 16.1. The largest absolute Gasteiger partial charge is 0.299 e. The second-order valence-corrected chi connectivity index (χ2v) is 5.31. The van der Waals surface area contributed by atoms with Gasteiger partial charge in [0.05, 0.1) is 5.41 Å². The third kappa shape index (κ3) is 1.95. The van der Waals surface area contributed by atoms with Gasteiger partial charge in [0.15, 0.2) is 0 Å². The molecule has 0 amide bonds. The number of azide groups is 1. The molecule has 1 unspecified atom stereocenters. The molecule has 0 N–H and O–H groups in total. The molecule has 4 heteroatoms. The number of fused-ring (bicyclic) bond motifs is 1. The van der Waals surface area contributed by atoms with Crippen molar-refractivity contribution in [1.29, 1.82) is 0 Å². The van der Waals surface area contributed by atoms with Gasteiger partial charge in [0.1, 0.15) is 5.78 Å². The zero-order valence-electron chi connectivity index (χ0n) is 11.1. The minimum absolute atomic E-state index is 0.195. The zero-order chi connectivity index (χ0) is 14.0. The Labute approximate surface area is 117 Å². The number of hydrogen-bond acceptors (Lipinski definition) is 2. The zero-order valence-corrected chi connectivity index (χ0v) is 11.1. The number of benzene rings is 2. The summed E-state index contributed by atoms with van der Waals surface area (Å²) >= 11 is 0. The summed E-state index contributed by atoms with van der Waals surface area (Å²) in [5.41, 5.74) is 8.96. The lowest BCUT2D eigenvalue weighted by atomic mass is 9.77. The van der Waals surface area contributed by atoms with Crippen LogP contribution in [-0.4, -0.2) is 12.3 Å². The lowest BCUT2D eigenvalue weighted by Crippen LogP contribution is -2.34. The monoisotopic (exact) mass is 265 g/mol. The fourth-order valence-corrected chi connectivity index (χ4v) is 3.13. The molecular weight excluding hydrogens is 250 g/mol. The van der Waals surface area contributed by atoms with E-state index in [4.69, 9.17) is 5.53 Å². The molecule has 0 saturated heterocycles. The first-order chi connectivity index (χ1) is 9.76. The van der Waals surface area contributed by atoms with E-state index < -0.39 is 5.41 Å². The maximum absolute atomic E-state index is 12.4. The molecule has 0 heterocycles. The van der Waals surface area contributed by atoms with Gasteiger partial charge in [0, 0.05) is 17.9 Å². The first kappa shape index (κ1) is 12.7. The van der Waals surface area contributed by atoms with E-state index >= 15 is 0 Å². The normalized spacial score (nSPS) is 21.9. The molecule has 4 nitrogen and oxygen atoms in total. The first-order valence-corrected chi connectivity index (χ1v) is 6.80. The van der Waals surface area contributed by atoms with Gasteiger partial charge in [-0.05, 0) is 34.7 Å². The van der Waals surface area contributed by atoms with Gasteiger partial charge in [-0.25, -0.2) is 0 Å². The minimum Gasteiger partial charge on any atom is -0.299 e. The molecule has 2 aromatic carbocycles. The number of hydrogen-bond donors (Lipinski definition) is 0. The van der Waals surface area contributed by atoms with E-state index in [1.807, 2.05) is 30.3 Å². The Morgan fingerprint density at radius 1 is 1.20 bits per heavy atom. The van der Waals surface area contributed by atoms with Gasteiger partial charge in [-0.3, -0.25) is 4.79 Å². The number of Topliss-reactive ketones (excluding diaryl/α,β-unsaturated/α-hetero) is 1. The molecular formula is C16H15N3O. The topological polar surface area (TPSA) is 65.8 Å². The summed E-state index contributed by atoms with van der Waals surface area (Å²) in [7, 11) is 0. The van der Waals surface area contributed by atoms with Gasteiger partial charge < -0.3 is 0 Å². The fourth-order valence-electron chi connectivity index (χ4n) is 3.13. The predicted octanol–water partition coefficient (Wildman–Crippen LogP) is 4.14. The van der Waals surface area contributed by atoms with Gasteiger partial charge in [-0.2, -0.15) is 0 Å². The molecule has 0 aliphatic heterocycles. The second kappa shape index (κ2) is 4.99. The van der Waals surface area contributed by atoms with E-state index in [1.54, 1.807) is 0 Å². The molecule has 3 rings (SSSR count). The molecule has 1 aliphatic rings. The molecule has 0 aromatic heterocycles. The van der Waals surface area contributed by atoms with Crippen LogP contribution in [0.2, 0.25) is 0 Å². The van der Waals surface area contributed by atoms with Crippen molar-refractivity contribution in [3.63, 3.8) is 0 Å². The van der Waals surface area contributed by atoms with Crippen molar-refractivity contribution in [2.75, 3.05) is 6.54 Å². The second-order valence-electron chi connectivity index (χ2n) is 5.31. The predicted molar refractivity (Wildman–Crippen MR) is 78.5 cm³/mol. The number of rotatable bonds is 3. The highest BCUT2D eigenvalue weighted by molar-refractivity contribution is 5.94. The van der Waals surface area contributed by atoms with E-state index in [2.05, 4.69) is 22.2 Å². The molecule has 0 radical (unpaired) electrons. The van der Waals surface area contributed by atoms with Crippen LogP contribution in [0.1, 0.15) is 24.8 Å². The van der Waals surface area contributed by atoms with E-state index in [9.17, 15) is 4.79 Å². The smallest absolute Gasteiger partial charge is 0.143 e. The summed E-state index contributed by atoms with van der Waals surface area (Å²) in [5.74, 6) is 0.195. The van der Waals surface area contributed by atoms with Crippen molar-refractivity contribution < 1.29 is 4.79 Å². The van der Waals surface area contributed by atoms with Crippen LogP contribution in [0.4, 0.5) is 0 Å². The first-order valence-electron chi connectivity index (χ1n) is 6.80. The van der Waals surface area contributed by atoms with Gasteiger partial charge in [-0.1, -0.05) is 47.6 Å². The maximum Gasteiger partial charge on any atom is 0.143 e. The molecule has 1 atom stereocenters. The summed E-state index contributed by atoms with van der Waals surface area (Å²) in [6.07, 6.45) is 2.21. The molecule has 100 valence electrons. The summed E-state index contributed by atoms with van der Waals surface area (Å²) in [6, 6.07) is 14.2. The Bertz CT molecular complexity index is 718. The Hall–Kier alpha value is -2.32. The SMILES string of the molecule is [N-]=[N+]=NCC1(c2ccc3ccccc3c2)CCCC1=O. The number of nitrogens with zero attached hydrogens (tertiary/aromatic N) is 3. The van der Waals surface area contributed by atoms with Crippen LogP contribution in [-0.2, 0) is 10.2 Å². The van der Waals surface area contributed by atoms with Gasteiger partial charge in [0.25, 0.3) is 0 Å². The average molecular weight is 265 g/mol. The fraction of sp³-hybridized carbons (Fsp3) is 0.312. The molecule has 1 saturated carbocycles. The van der Waals surface area contributed by atoms with Crippen LogP contribution >= 0.6 is 0 Å². The summed E-state index contributed by atoms with van der Waals surface area (Å²) in [4.78, 5) is 15.2. The van der Waals surface area contributed by atoms with Crippen molar-refractivity contribution in [3.05, 3.63) is 58.5 Å². The lowest BCUT2D eigenvalue weighted by Gasteiger charge is -2.26. The van der Waals surface area contributed by atoms with E-state index in [1.165, 1.54) is 0 Å². The Morgan fingerprint density at radius 2 is 2.00 bits per heavy atom. The van der Waals surface area contributed by atoms with E-state index in [-0.39, 0.29) is 12.3 Å². The van der Waals surface area contributed by atoms with Crippen molar-refractivity contribution in [2.45, 2.75) is 24.7 Å². The average Bonchev–Trinajstić information content (AvgIpc) is 2.87. The number of carbonyl (C=O) groups excluding carboxylic acids is 1. The van der Waals surface area contributed by atoms with E-state index in [0.29, 0.717) is 6.42 Å². The van der Waals surface area contributed by atoms with Crippen molar-refractivity contribution in [1.82, 2.24) is 0 Å². The highest BCUT2D eigenvalue weighted by Crippen LogP contribution is 2.39. The molecule has 1 aliphatic carbocycles. The maximum atomic E-state index is 12.4. The lowest BCUT2D eigenvalue weighted by molar-refractivity contribution is -0.121. The molecule has 20 heavy (non-hydrogen) atoms. The Morgan fingerprint density at radius 3 is 2.70 bits per heavy atom. The quantitative estimate of drug-likeness (QED) is 0.467. The van der Waals surface area contributed by atoms with Crippen molar-refractivity contribution >= 4 is 16.6 Å². The van der Waals surface area contributed by atoms with Gasteiger partial charge >= 0.3 is 0 Å². The summed E-state index contributed by atoms with van der Waals surface area (Å²) < 4.78 is 0. The van der Waals surface area contributed by atoms with Crippen LogP contribution in [0.25, 0.3) is 21.2 Å². The summed E-state index contributed by atoms with van der Waals surface area (Å²) in [6.45, 7) is 0.223. The standard InChI is InChI=1S/C16H15N3O/c17-19-18-11-16(9-3-6-15(16)20)14-8-7-12-4-1-2-5-13(12)10-14/h1-2,4-5,7-8,10H,3,6,9,11H2. The Kier molecular flexibility index (Phi) is 3.17.